The van der Waals surface area contributed by atoms with Gasteiger partial charge < -0.3 is 0 Å². The first-order chi connectivity index (χ1) is 6.77. The summed E-state index contributed by atoms with van der Waals surface area (Å²) in [5.41, 5.74) is 1.42. The summed E-state index contributed by atoms with van der Waals surface area (Å²) in [7, 11) is 0. The van der Waals surface area contributed by atoms with Gasteiger partial charge in [-0.25, -0.2) is 4.98 Å². The van der Waals surface area contributed by atoms with E-state index in [1.807, 2.05) is 11.4 Å². The van der Waals surface area contributed by atoms with Crippen LogP contribution in [0.5, 0.6) is 0 Å². The molecule has 0 atom stereocenters. The second-order valence-corrected chi connectivity index (χ2v) is 3.93. The van der Waals surface area contributed by atoms with Crippen molar-refractivity contribution >= 4 is 28.2 Å². The van der Waals surface area contributed by atoms with Gasteiger partial charge in [-0.05, 0) is 17.7 Å². The average molecular weight is 224 g/mol. The first kappa shape index (κ1) is 9.37. The van der Waals surface area contributed by atoms with Crippen LogP contribution in [-0.4, -0.2) is 10.2 Å². The van der Waals surface area contributed by atoms with Crippen LogP contribution >= 0.6 is 22.9 Å². The highest BCUT2D eigenvalue weighted by atomic mass is 35.5. The van der Waals surface area contributed by atoms with E-state index in [4.69, 9.17) is 11.6 Å². The van der Waals surface area contributed by atoms with E-state index < -0.39 is 5.24 Å². The lowest BCUT2D eigenvalue weighted by atomic mass is 10.1. The summed E-state index contributed by atoms with van der Waals surface area (Å²) in [4.78, 5) is 15.1. The number of thiazole rings is 1. The van der Waals surface area contributed by atoms with E-state index in [0.29, 0.717) is 5.56 Å². The smallest absolute Gasteiger partial charge is 0.252 e. The minimum atomic E-state index is -0.441. The van der Waals surface area contributed by atoms with Gasteiger partial charge in [0, 0.05) is 22.7 Å². The maximum Gasteiger partial charge on any atom is 0.252 e. The SMILES string of the molecule is O=C(Cl)c1cccc(-c2nccs2)c1. The Morgan fingerprint density at radius 3 is 2.93 bits per heavy atom. The van der Waals surface area contributed by atoms with Crippen LogP contribution in [0, 0.1) is 0 Å². The number of hydrogen-bond donors (Lipinski definition) is 0. The van der Waals surface area contributed by atoms with Crippen molar-refractivity contribution in [1.82, 2.24) is 4.98 Å². The molecular formula is C10H6ClNOS. The molecular weight excluding hydrogens is 218 g/mol. The predicted molar refractivity (Wildman–Crippen MR) is 57.7 cm³/mol. The Morgan fingerprint density at radius 2 is 2.29 bits per heavy atom. The van der Waals surface area contributed by atoms with Crippen LogP contribution in [0.15, 0.2) is 35.8 Å². The van der Waals surface area contributed by atoms with Crippen molar-refractivity contribution in [2.24, 2.45) is 0 Å². The van der Waals surface area contributed by atoms with Gasteiger partial charge in [0.1, 0.15) is 5.01 Å². The molecule has 2 aromatic rings. The molecule has 0 aliphatic rings. The summed E-state index contributed by atoms with van der Waals surface area (Å²) >= 11 is 6.91. The lowest BCUT2D eigenvalue weighted by Crippen LogP contribution is -1.88. The Hall–Kier alpha value is -1.19. The first-order valence-corrected chi connectivity index (χ1v) is 5.23. The number of nitrogens with zero attached hydrogens (tertiary/aromatic N) is 1. The number of aromatic nitrogens is 1. The Bertz CT molecular complexity index is 453. The zero-order valence-electron chi connectivity index (χ0n) is 7.11. The topological polar surface area (TPSA) is 30.0 Å². The summed E-state index contributed by atoms with van der Waals surface area (Å²) in [6.45, 7) is 0. The monoisotopic (exact) mass is 223 g/mol. The van der Waals surface area contributed by atoms with Crippen LogP contribution in [0.2, 0.25) is 0 Å². The first-order valence-electron chi connectivity index (χ1n) is 3.97. The highest BCUT2D eigenvalue weighted by Gasteiger charge is 2.04. The van der Waals surface area contributed by atoms with Crippen LogP contribution in [0.3, 0.4) is 0 Å². The minimum absolute atomic E-state index is 0.441. The molecule has 0 unspecified atom stereocenters. The maximum absolute atomic E-state index is 10.9. The van der Waals surface area contributed by atoms with Crippen LogP contribution in [0.25, 0.3) is 10.6 Å². The fourth-order valence-corrected chi connectivity index (χ4v) is 1.89. The van der Waals surface area contributed by atoms with Crippen LogP contribution in [-0.2, 0) is 0 Å². The van der Waals surface area contributed by atoms with Crippen molar-refractivity contribution in [3.8, 4) is 10.6 Å². The summed E-state index contributed by atoms with van der Waals surface area (Å²) < 4.78 is 0. The van der Waals surface area contributed by atoms with E-state index in [9.17, 15) is 4.79 Å². The molecule has 70 valence electrons. The van der Waals surface area contributed by atoms with Gasteiger partial charge in [-0.15, -0.1) is 11.3 Å². The summed E-state index contributed by atoms with van der Waals surface area (Å²) in [6, 6.07) is 7.13. The Labute approximate surface area is 90.2 Å². The van der Waals surface area contributed by atoms with Gasteiger partial charge in [0.15, 0.2) is 0 Å². The van der Waals surface area contributed by atoms with E-state index >= 15 is 0 Å². The molecule has 0 bridgehead atoms. The molecule has 2 nitrogen and oxygen atoms in total. The molecule has 0 saturated carbocycles. The molecule has 14 heavy (non-hydrogen) atoms. The molecule has 0 amide bonds. The van der Waals surface area contributed by atoms with Crippen LogP contribution in [0.1, 0.15) is 10.4 Å². The zero-order valence-corrected chi connectivity index (χ0v) is 8.68. The molecule has 0 spiro atoms. The average Bonchev–Trinajstić information content (AvgIpc) is 2.71. The van der Waals surface area contributed by atoms with Crippen molar-refractivity contribution in [1.29, 1.82) is 0 Å². The lowest BCUT2D eigenvalue weighted by molar-refractivity contribution is 0.108. The van der Waals surface area contributed by atoms with Crippen molar-refractivity contribution in [2.45, 2.75) is 0 Å². The molecule has 1 aromatic carbocycles. The number of rotatable bonds is 2. The third kappa shape index (κ3) is 1.84. The molecule has 0 N–H and O–H groups in total. The quantitative estimate of drug-likeness (QED) is 0.732. The fraction of sp³-hybridized carbons (Fsp3) is 0. The number of carbonyl (C=O) groups is 1. The van der Waals surface area contributed by atoms with E-state index in [1.54, 1.807) is 24.4 Å². The normalized spacial score (nSPS) is 10.1. The van der Waals surface area contributed by atoms with E-state index in [2.05, 4.69) is 4.98 Å². The molecule has 1 aromatic heterocycles. The number of hydrogen-bond acceptors (Lipinski definition) is 3. The van der Waals surface area contributed by atoms with Crippen molar-refractivity contribution < 1.29 is 4.79 Å². The zero-order chi connectivity index (χ0) is 9.97. The third-order valence-electron chi connectivity index (χ3n) is 1.77. The van der Waals surface area contributed by atoms with Crippen molar-refractivity contribution in [2.75, 3.05) is 0 Å². The van der Waals surface area contributed by atoms with Gasteiger partial charge in [-0.2, -0.15) is 0 Å². The fourth-order valence-electron chi connectivity index (χ4n) is 1.14. The number of carbonyl (C=O) groups excluding carboxylic acids is 1. The molecule has 0 saturated heterocycles. The van der Waals surface area contributed by atoms with Gasteiger partial charge in [0.05, 0.1) is 0 Å². The predicted octanol–water partition coefficient (Wildman–Crippen LogP) is 3.19. The summed E-state index contributed by atoms with van der Waals surface area (Å²) in [5.74, 6) is 0. The van der Waals surface area contributed by atoms with Gasteiger partial charge in [-0.1, -0.05) is 18.2 Å². The maximum atomic E-state index is 10.9. The van der Waals surface area contributed by atoms with Crippen molar-refractivity contribution in [3.05, 3.63) is 41.4 Å². The molecule has 0 aliphatic heterocycles. The largest absolute Gasteiger partial charge is 0.276 e. The molecule has 1 heterocycles. The standard InChI is InChI=1S/C10H6ClNOS/c11-9(13)7-2-1-3-8(6-7)10-12-4-5-14-10/h1-6H. The molecule has 4 heteroatoms. The lowest BCUT2D eigenvalue weighted by Gasteiger charge is -1.97. The Kier molecular flexibility index (Phi) is 2.61. The molecule has 0 fully saturated rings. The minimum Gasteiger partial charge on any atom is -0.276 e. The number of benzene rings is 1. The van der Waals surface area contributed by atoms with Crippen LogP contribution in [0.4, 0.5) is 0 Å². The van der Waals surface area contributed by atoms with E-state index in [1.165, 1.54) is 11.3 Å². The summed E-state index contributed by atoms with van der Waals surface area (Å²) in [6.07, 6.45) is 1.73. The molecule has 0 radical (unpaired) electrons. The van der Waals surface area contributed by atoms with Crippen LogP contribution < -0.4 is 0 Å². The molecule has 2 rings (SSSR count). The van der Waals surface area contributed by atoms with E-state index in [-0.39, 0.29) is 0 Å². The van der Waals surface area contributed by atoms with Crippen molar-refractivity contribution in [3.63, 3.8) is 0 Å². The van der Waals surface area contributed by atoms with E-state index in [0.717, 1.165) is 10.6 Å². The molecule has 0 aliphatic carbocycles. The summed E-state index contributed by atoms with van der Waals surface area (Å²) in [5, 5.41) is 2.35. The number of halogens is 1. The van der Waals surface area contributed by atoms with Gasteiger partial charge in [-0.3, -0.25) is 4.79 Å². The van der Waals surface area contributed by atoms with Gasteiger partial charge in [0.2, 0.25) is 0 Å². The second-order valence-electron chi connectivity index (χ2n) is 2.69. The Balaban J connectivity index is 2.46. The Morgan fingerprint density at radius 1 is 1.43 bits per heavy atom. The highest BCUT2D eigenvalue weighted by Crippen LogP contribution is 2.22. The second kappa shape index (κ2) is 3.90. The third-order valence-corrected chi connectivity index (χ3v) is 2.81. The van der Waals surface area contributed by atoms with Gasteiger partial charge >= 0.3 is 0 Å². The van der Waals surface area contributed by atoms with Gasteiger partial charge in [0.25, 0.3) is 5.24 Å². The highest BCUT2D eigenvalue weighted by molar-refractivity contribution is 7.13.